The van der Waals surface area contributed by atoms with Crippen molar-refractivity contribution in [1.82, 2.24) is 0 Å². The molecule has 0 aromatic rings. The summed E-state index contributed by atoms with van der Waals surface area (Å²) in [6.45, 7) is 4.25. The third-order valence-electron chi connectivity index (χ3n) is 11.1. The van der Waals surface area contributed by atoms with E-state index in [1.165, 1.54) is 64.2 Å². The van der Waals surface area contributed by atoms with Crippen LogP contribution in [-0.2, 0) is 32.7 Å². The summed E-state index contributed by atoms with van der Waals surface area (Å²) in [6, 6.07) is 0. The van der Waals surface area contributed by atoms with Crippen LogP contribution in [0.4, 0.5) is 0 Å². The number of rotatable bonds is 48. The highest BCUT2D eigenvalue weighted by molar-refractivity contribution is 7.47. The lowest BCUT2D eigenvalue weighted by atomic mass is 10.1. The molecular weight excluding hydrogens is 882 g/mol. The van der Waals surface area contributed by atoms with E-state index >= 15 is 0 Å². The number of phosphoric acid groups is 1. The lowest BCUT2D eigenvalue weighted by Crippen LogP contribution is -2.37. The van der Waals surface area contributed by atoms with Gasteiger partial charge in [0.2, 0.25) is 0 Å². The largest absolute Gasteiger partial charge is 0.472 e. The summed E-state index contributed by atoms with van der Waals surface area (Å²) >= 11 is 0. The summed E-state index contributed by atoms with van der Waals surface area (Å²) < 4.78 is 34.3. The number of hydrogen-bond donors (Lipinski definition) is 1. The smallest absolute Gasteiger partial charge is 0.462 e. The quantitative estimate of drug-likeness (QED) is 0.0211. The van der Waals surface area contributed by atoms with Gasteiger partial charge in [0.1, 0.15) is 19.8 Å². The van der Waals surface area contributed by atoms with E-state index in [1.807, 2.05) is 21.1 Å². The van der Waals surface area contributed by atoms with E-state index in [0.29, 0.717) is 17.4 Å². The second-order valence-electron chi connectivity index (χ2n) is 18.9. The Balaban J connectivity index is 4.06. The van der Waals surface area contributed by atoms with Crippen molar-refractivity contribution in [3.05, 3.63) is 109 Å². The predicted octanol–water partition coefficient (Wildman–Crippen LogP) is 16.6. The van der Waals surface area contributed by atoms with E-state index < -0.39 is 26.5 Å². The first-order chi connectivity index (χ1) is 33.5. The molecule has 0 heterocycles. The van der Waals surface area contributed by atoms with Crippen LogP contribution in [0.25, 0.3) is 0 Å². The van der Waals surface area contributed by atoms with Gasteiger partial charge >= 0.3 is 19.8 Å². The number of quaternary nitrogens is 1. The van der Waals surface area contributed by atoms with E-state index in [0.717, 1.165) is 103 Å². The Morgan fingerprint density at radius 3 is 1.23 bits per heavy atom. The molecule has 0 aliphatic rings. The van der Waals surface area contributed by atoms with Gasteiger partial charge in [0.15, 0.2) is 6.10 Å². The second kappa shape index (κ2) is 49.6. The Morgan fingerprint density at radius 2 is 0.826 bits per heavy atom. The molecule has 2 atom stereocenters. The first-order valence-electron chi connectivity index (χ1n) is 27.1. The zero-order valence-electron chi connectivity index (χ0n) is 44.5. The van der Waals surface area contributed by atoms with Crippen molar-refractivity contribution < 1.29 is 42.1 Å². The monoisotopic (exact) mass is 983 g/mol. The van der Waals surface area contributed by atoms with Gasteiger partial charge in [0.05, 0.1) is 27.7 Å². The van der Waals surface area contributed by atoms with Crippen LogP contribution in [0.1, 0.15) is 200 Å². The second-order valence-corrected chi connectivity index (χ2v) is 20.3. The molecule has 0 saturated heterocycles. The molecule has 0 aliphatic heterocycles. The normalized spacial score (nSPS) is 14.2. The molecule has 2 unspecified atom stereocenters. The van der Waals surface area contributed by atoms with Crippen molar-refractivity contribution in [3.8, 4) is 0 Å². The van der Waals surface area contributed by atoms with Crippen LogP contribution < -0.4 is 0 Å². The Labute approximate surface area is 423 Å². The highest BCUT2D eigenvalue weighted by Crippen LogP contribution is 2.43. The van der Waals surface area contributed by atoms with Crippen LogP contribution in [0.5, 0.6) is 0 Å². The summed E-state index contributed by atoms with van der Waals surface area (Å²) in [7, 11) is 1.46. The summed E-state index contributed by atoms with van der Waals surface area (Å²) in [6.07, 6.45) is 68.9. The number of esters is 2. The predicted molar refractivity (Wildman–Crippen MR) is 293 cm³/mol. The molecule has 0 aromatic carbocycles. The van der Waals surface area contributed by atoms with Crippen LogP contribution >= 0.6 is 7.82 Å². The molecule has 394 valence electrons. The molecule has 9 nitrogen and oxygen atoms in total. The van der Waals surface area contributed by atoms with Gasteiger partial charge in [-0.3, -0.25) is 18.6 Å². The Bertz CT molecular complexity index is 1530. The van der Waals surface area contributed by atoms with Gasteiger partial charge in [-0.05, 0) is 83.5 Å². The first kappa shape index (κ1) is 65.7. The van der Waals surface area contributed by atoms with E-state index in [-0.39, 0.29) is 32.0 Å². The Morgan fingerprint density at radius 1 is 0.464 bits per heavy atom. The number of ether oxygens (including phenoxy) is 2. The average Bonchev–Trinajstić information content (AvgIpc) is 3.31. The molecule has 0 saturated carbocycles. The molecule has 0 aliphatic carbocycles. The summed E-state index contributed by atoms with van der Waals surface area (Å²) in [5, 5.41) is 0. The molecular formula is C59H101NO8P+. The zero-order chi connectivity index (χ0) is 50.6. The number of carbonyl (C=O) groups is 2. The van der Waals surface area contributed by atoms with Crippen LogP contribution in [0, 0.1) is 0 Å². The number of phosphoric ester groups is 1. The standard InChI is InChI=1S/C59H100NO8P/c1-6-8-10-12-14-16-17-18-19-20-21-22-23-24-25-26-27-28-29-30-31-32-33-34-35-36-37-38-39-40-41-42-43-44-46-48-50-52-59(62)68-57(56-67-69(63,64)66-54-53-60(3,4)5)55-65-58(61)51-49-47-45-15-13-11-9-7-2/h8,10,14,16,18-19,21-22,24-25,27-28,30-31,33-34,36-37,57H,6-7,9,11-13,15,17,20,23,26,29,32,35,38-56H2,1-5H3/p+1/b10-8-,16-14-,19-18-,22-21-,25-24-,28-27-,31-30-,34-33-,37-36-. The minimum atomic E-state index is -4.38. The van der Waals surface area contributed by atoms with Gasteiger partial charge in [0, 0.05) is 12.8 Å². The number of likely N-dealkylation sites (N-methyl/N-ethyl adjacent to an activating group) is 1. The van der Waals surface area contributed by atoms with Crippen molar-refractivity contribution >= 4 is 19.8 Å². The molecule has 0 radical (unpaired) electrons. The lowest BCUT2D eigenvalue weighted by molar-refractivity contribution is -0.870. The number of hydrogen-bond acceptors (Lipinski definition) is 7. The number of allylic oxidation sites excluding steroid dienone is 18. The van der Waals surface area contributed by atoms with Gasteiger partial charge in [0.25, 0.3) is 0 Å². The van der Waals surface area contributed by atoms with Gasteiger partial charge in [-0.2, -0.15) is 0 Å². The third-order valence-corrected chi connectivity index (χ3v) is 12.1. The fourth-order valence-electron chi connectivity index (χ4n) is 6.89. The summed E-state index contributed by atoms with van der Waals surface area (Å²) in [4.78, 5) is 35.4. The summed E-state index contributed by atoms with van der Waals surface area (Å²) in [5.41, 5.74) is 0. The van der Waals surface area contributed by atoms with Crippen molar-refractivity contribution in [2.24, 2.45) is 0 Å². The molecule has 0 rings (SSSR count). The van der Waals surface area contributed by atoms with Gasteiger partial charge in [-0.15, -0.1) is 0 Å². The maximum atomic E-state index is 12.7. The first-order valence-corrected chi connectivity index (χ1v) is 28.6. The minimum absolute atomic E-state index is 0.0265. The maximum Gasteiger partial charge on any atom is 0.472 e. The van der Waals surface area contributed by atoms with Crippen molar-refractivity contribution in [1.29, 1.82) is 0 Å². The van der Waals surface area contributed by atoms with E-state index in [9.17, 15) is 19.0 Å². The van der Waals surface area contributed by atoms with Crippen molar-refractivity contribution in [2.75, 3.05) is 47.5 Å². The van der Waals surface area contributed by atoms with Crippen molar-refractivity contribution in [2.45, 2.75) is 206 Å². The van der Waals surface area contributed by atoms with Crippen molar-refractivity contribution in [3.63, 3.8) is 0 Å². The van der Waals surface area contributed by atoms with E-state index in [2.05, 4.69) is 123 Å². The fourth-order valence-corrected chi connectivity index (χ4v) is 7.63. The third kappa shape index (κ3) is 53.9. The molecule has 0 aromatic heterocycles. The summed E-state index contributed by atoms with van der Waals surface area (Å²) in [5.74, 6) is -0.815. The Hall–Kier alpha value is -3.33. The van der Waals surface area contributed by atoms with E-state index in [1.54, 1.807) is 0 Å². The average molecular weight is 983 g/mol. The molecule has 0 spiro atoms. The molecule has 10 heteroatoms. The van der Waals surface area contributed by atoms with Crippen LogP contribution in [0.15, 0.2) is 109 Å². The molecule has 0 bridgehead atoms. The number of nitrogens with zero attached hydrogens (tertiary/aromatic N) is 1. The SMILES string of the molecule is CC/C=C\C/C=C\C/C=C\C/C=C\C/C=C\C/C=C\C/C=C\C/C=C\C/C=C\CCCCCCCCCCCC(=O)OC(COC(=O)CCCCCCCCCC)COP(=O)(O)OCC[N+](C)(C)C. The molecule has 69 heavy (non-hydrogen) atoms. The van der Waals surface area contributed by atoms with E-state index in [4.69, 9.17) is 18.5 Å². The molecule has 0 fully saturated rings. The number of carbonyl (C=O) groups excluding carboxylic acids is 2. The molecule has 0 amide bonds. The minimum Gasteiger partial charge on any atom is -0.462 e. The highest BCUT2D eigenvalue weighted by Gasteiger charge is 2.27. The Kier molecular flexibility index (Phi) is 47.2. The topological polar surface area (TPSA) is 108 Å². The van der Waals surface area contributed by atoms with Gasteiger partial charge in [-0.25, -0.2) is 4.57 Å². The van der Waals surface area contributed by atoms with Gasteiger partial charge in [-0.1, -0.05) is 213 Å². The van der Waals surface area contributed by atoms with Crippen LogP contribution in [0.3, 0.4) is 0 Å². The fraction of sp³-hybridized carbons (Fsp3) is 0.661. The zero-order valence-corrected chi connectivity index (χ0v) is 45.4. The highest BCUT2D eigenvalue weighted by atomic mass is 31.2. The maximum absolute atomic E-state index is 12.7. The lowest BCUT2D eigenvalue weighted by Gasteiger charge is -2.24. The molecule has 1 N–H and O–H groups in total. The van der Waals surface area contributed by atoms with Gasteiger partial charge < -0.3 is 18.9 Å². The number of unbranched alkanes of at least 4 members (excludes halogenated alkanes) is 16. The van der Waals surface area contributed by atoms with Crippen LogP contribution in [0.2, 0.25) is 0 Å². The van der Waals surface area contributed by atoms with Crippen LogP contribution in [-0.4, -0.2) is 74.9 Å².